The molecule has 2 N–H and O–H groups in total. The van der Waals surface area contributed by atoms with E-state index in [0.717, 1.165) is 28.2 Å². The summed E-state index contributed by atoms with van der Waals surface area (Å²) in [6, 6.07) is 21.1. The van der Waals surface area contributed by atoms with E-state index in [4.69, 9.17) is 0 Å². The molecule has 4 aromatic rings. The second kappa shape index (κ2) is 10.1. The molecule has 2 heterocycles. The van der Waals surface area contributed by atoms with Gasteiger partial charge in [0.05, 0.1) is 16.1 Å². The summed E-state index contributed by atoms with van der Waals surface area (Å²) in [6.45, 7) is 2.31. The summed E-state index contributed by atoms with van der Waals surface area (Å²) in [6.07, 6.45) is 3.05. The number of rotatable bonds is 8. The molecule has 0 unspecified atom stereocenters. The minimum absolute atomic E-state index is 0.0115. The van der Waals surface area contributed by atoms with Gasteiger partial charge in [-0.25, -0.2) is 4.68 Å². The van der Waals surface area contributed by atoms with Crippen LogP contribution in [0, 0.1) is 0 Å². The number of para-hydroxylation sites is 1. The van der Waals surface area contributed by atoms with Crippen LogP contribution in [0.25, 0.3) is 16.3 Å². The van der Waals surface area contributed by atoms with Crippen molar-refractivity contribution in [2.45, 2.75) is 26.3 Å². The fourth-order valence-corrected chi connectivity index (χ4v) is 4.06. The first kappa shape index (κ1) is 21.5. The van der Waals surface area contributed by atoms with Crippen LogP contribution in [0.4, 0.5) is 5.69 Å². The van der Waals surface area contributed by atoms with E-state index in [2.05, 4.69) is 15.7 Å². The summed E-state index contributed by atoms with van der Waals surface area (Å²) in [5.74, 6) is -0.210. The Morgan fingerprint density at radius 2 is 1.88 bits per heavy atom. The van der Waals surface area contributed by atoms with E-state index in [1.54, 1.807) is 22.2 Å². The van der Waals surface area contributed by atoms with Gasteiger partial charge in [-0.1, -0.05) is 43.3 Å². The maximum atomic E-state index is 13.1. The minimum Gasteiger partial charge on any atom is -0.348 e. The molecule has 2 aromatic heterocycles. The molecule has 7 heteroatoms. The van der Waals surface area contributed by atoms with Crippen LogP contribution in [-0.2, 0) is 11.3 Å². The standard InChI is InChI=1S/C25H24N4O2S/c1-2-8-23(30)27-19-10-6-9-18(15-19)16-26-25(31)21-17-29(20-11-4-3-5-12-20)28-24(21)22-13-7-14-32-22/h3-7,9-15,17H,2,8,16H2,1H3,(H,26,31)(H,27,30). The Balaban J connectivity index is 1.52. The van der Waals surface area contributed by atoms with Gasteiger partial charge in [0.25, 0.3) is 5.91 Å². The molecule has 0 aliphatic rings. The molecule has 0 saturated carbocycles. The predicted molar refractivity (Wildman–Crippen MR) is 128 cm³/mol. The summed E-state index contributed by atoms with van der Waals surface area (Å²) >= 11 is 1.55. The van der Waals surface area contributed by atoms with Crippen LogP contribution in [-0.4, -0.2) is 21.6 Å². The molecular weight excluding hydrogens is 420 g/mol. The van der Waals surface area contributed by atoms with Gasteiger partial charge in [-0.3, -0.25) is 9.59 Å². The third kappa shape index (κ3) is 5.12. The molecule has 2 amide bonds. The lowest BCUT2D eigenvalue weighted by Crippen LogP contribution is -2.23. The van der Waals surface area contributed by atoms with Crippen molar-refractivity contribution in [1.29, 1.82) is 0 Å². The van der Waals surface area contributed by atoms with Crippen LogP contribution in [0.5, 0.6) is 0 Å². The maximum absolute atomic E-state index is 13.1. The van der Waals surface area contributed by atoms with Gasteiger partial charge < -0.3 is 10.6 Å². The average molecular weight is 445 g/mol. The Morgan fingerprint density at radius 1 is 1.03 bits per heavy atom. The van der Waals surface area contributed by atoms with Crippen LogP contribution in [0.15, 0.2) is 78.3 Å². The molecule has 32 heavy (non-hydrogen) atoms. The highest BCUT2D eigenvalue weighted by Crippen LogP contribution is 2.28. The number of carbonyl (C=O) groups is 2. The first-order chi connectivity index (χ1) is 15.6. The summed E-state index contributed by atoms with van der Waals surface area (Å²) < 4.78 is 1.73. The Hall–Kier alpha value is -3.71. The van der Waals surface area contributed by atoms with Gasteiger partial charge in [0.15, 0.2) is 0 Å². The lowest BCUT2D eigenvalue weighted by molar-refractivity contribution is -0.116. The molecule has 0 atom stereocenters. The number of aromatic nitrogens is 2. The van der Waals surface area contributed by atoms with E-state index in [-0.39, 0.29) is 11.8 Å². The maximum Gasteiger partial charge on any atom is 0.255 e. The molecule has 0 radical (unpaired) electrons. The Labute approximate surface area is 190 Å². The van der Waals surface area contributed by atoms with Gasteiger partial charge in [-0.05, 0) is 47.7 Å². The topological polar surface area (TPSA) is 76.0 Å². The molecule has 6 nitrogen and oxygen atoms in total. The SMILES string of the molecule is CCCC(=O)Nc1cccc(CNC(=O)c2cn(-c3ccccc3)nc2-c2cccs2)c1. The number of anilines is 1. The predicted octanol–water partition coefficient (Wildman–Crippen LogP) is 5.27. The molecule has 0 bridgehead atoms. The molecule has 0 aliphatic heterocycles. The molecular formula is C25H24N4O2S. The van der Waals surface area contributed by atoms with Crippen LogP contribution in [0.3, 0.4) is 0 Å². The zero-order valence-corrected chi connectivity index (χ0v) is 18.6. The van der Waals surface area contributed by atoms with Gasteiger partial charge in [0, 0.05) is 24.8 Å². The molecule has 0 spiro atoms. The van der Waals surface area contributed by atoms with Gasteiger partial charge >= 0.3 is 0 Å². The summed E-state index contributed by atoms with van der Waals surface area (Å²) in [5.41, 5.74) is 3.69. The van der Waals surface area contributed by atoms with Gasteiger partial charge in [0.2, 0.25) is 5.91 Å². The van der Waals surface area contributed by atoms with Crippen molar-refractivity contribution >= 4 is 28.8 Å². The zero-order chi connectivity index (χ0) is 22.3. The Morgan fingerprint density at radius 3 is 2.62 bits per heavy atom. The molecule has 2 aromatic carbocycles. The van der Waals surface area contributed by atoms with Crippen molar-refractivity contribution in [3.8, 4) is 16.3 Å². The van der Waals surface area contributed by atoms with Crippen molar-refractivity contribution < 1.29 is 9.59 Å². The van der Waals surface area contributed by atoms with E-state index in [1.165, 1.54) is 0 Å². The molecule has 162 valence electrons. The van der Waals surface area contributed by atoms with E-state index in [9.17, 15) is 9.59 Å². The highest BCUT2D eigenvalue weighted by molar-refractivity contribution is 7.13. The monoisotopic (exact) mass is 444 g/mol. The van der Waals surface area contributed by atoms with E-state index >= 15 is 0 Å². The van der Waals surface area contributed by atoms with Crippen molar-refractivity contribution in [3.05, 3.63) is 89.4 Å². The number of thiophene rings is 1. The molecule has 0 aliphatic carbocycles. The third-order valence-electron chi connectivity index (χ3n) is 4.88. The van der Waals surface area contributed by atoms with Crippen molar-refractivity contribution in [1.82, 2.24) is 15.1 Å². The van der Waals surface area contributed by atoms with Gasteiger partial charge in [-0.2, -0.15) is 5.10 Å². The second-order valence-corrected chi connectivity index (χ2v) is 8.28. The largest absolute Gasteiger partial charge is 0.348 e. The quantitative estimate of drug-likeness (QED) is 0.389. The van der Waals surface area contributed by atoms with E-state index < -0.39 is 0 Å². The van der Waals surface area contributed by atoms with Gasteiger partial charge in [-0.15, -0.1) is 11.3 Å². The molecule has 0 fully saturated rings. The summed E-state index contributed by atoms with van der Waals surface area (Å²) in [7, 11) is 0. The number of hydrogen-bond donors (Lipinski definition) is 2. The van der Waals surface area contributed by atoms with Crippen molar-refractivity contribution in [2.24, 2.45) is 0 Å². The number of hydrogen-bond acceptors (Lipinski definition) is 4. The van der Waals surface area contributed by atoms with E-state index in [0.29, 0.717) is 24.2 Å². The summed E-state index contributed by atoms with van der Waals surface area (Å²) in [4.78, 5) is 25.9. The van der Waals surface area contributed by atoms with E-state index in [1.807, 2.05) is 79.0 Å². The lowest BCUT2D eigenvalue weighted by atomic mass is 10.1. The third-order valence-corrected chi connectivity index (χ3v) is 5.75. The Kier molecular flexibility index (Phi) is 6.77. The number of carbonyl (C=O) groups excluding carboxylic acids is 2. The number of nitrogens with zero attached hydrogens (tertiary/aromatic N) is 2. The van der Waals surface area contributed by atoms with Crippen LogP contribution < -0.4 is 10.6 Å². The number of nitrogens with one attached hydrogen (secondary N) is 2. The van der Waals surface area contributed by atoms with Gasteiger partial charge in [0.1, 0.15) is 5.69 Å². The summed E-state index contributed by atoms with van der Waals surface area (Å²) in [5, 5.41) is 12.5. The van der Waals surface area contributed by atoms with Crippen LogP contribution >= 0.6 is 11.3 Å². The zero-order valence-electron chi connectivity index (χ0n) is 17.7. The first-order valence-electron chi connectivity index (χ1n) is 10.5. The Bertz CT molecular complexity index is 1200. The van der Waals surface area contributed by atoms with Crippen molar-refractivity contribution in [2.75, 3.05) is 5.32 Å². The van der Waals surface area contributed by atoms with Crippen LogP contribution in [0.2, 0.25) is 0 Å². The fourth-order valence-electron chi connectivity index (χ4n) is 3.34. The number of amides is 2. The second-order valence-electron chi connectivity index (χ2n) is 7.33. The highest BCUT2D eigenvalue weighted by atomic mass is 32.1. The minimum atomic E-state index is -0.198. The first-order valence-corrected chi connectivity index (χ1v) is 11.4. The van der Waals surface area contributed by atoms with Crippen molar-refractivity contribution in [3.63, 3.8) is 0 Å². The van der Waals surface area contributed by atoms with Crippen LogP contribution in [0.1, 0.15) is 35.7 Å². The molecule has 4 rings (SSSR count). The lowest BCUT2D eigenvalue weighted by Gasteiger charge is -2.08. The highest BCUT2D eigenvalue weighted by Gasteiger charge is 2.19. The fraction of sp³-hybridized carbons (Fsp3) is 0.160. The average Bonchev–Trinajstić information content (AvgIpc) is 3.48. The normalized spacial score (nSPS) is 10.7. The number of benzene rings is 2. The smallest absolute Gasteiger partial charge is 0.255 e. The molecule has 0 saturated heterocycles.